The van der Waals surface area contributed by atoms with Crippen molar-refractivity contribution in [3.63, 3.8) is 0 Å². The standard InChI is InChI=1S/C9H10N2OS/c1-6-2-3-7(12-6)4-8-5-11-9(10)13-8/h2-3,5H,4H2,1H3,(H2,10,11)/p+1. The number of aryl methyl sites for hydroxylation is 1. The Morgan fingerprint density at radius 2 is 2.38 bits per heavy atom. The van der Waals surface area contributed by atoms with Crippen LogP contribution in [0, 0.1) is 6.92 Å². The van der Waals surface area contributed by atoms with E-state index in [9.17, 15) is 0 Å². The highest BCUT2D eigenvalue weighted by Gasteiger charge is 2.06. The van der Waals surface area contributed by atoms with Crippen molar-refractivity contribution in [3.05, 3.63) is 34.7 Å². The number of H-pyrrole nitrogens is 1. The van der Waals surface area contributed by atoms with Crippen LogP contribution >= 0.6 is 11.3 Å². The van der Waals surface area contributed by atoms with E-state index in [1.54, 1.807) is 11.3 Å². The maximum atomic E-state index is 5.57. The van der Waals surface area contributed by atoms with Crippen molar-refractivity contribution in [2.75, 3.05) is 5.73 Å². The fourth-order valence-corrected chi connectivity index (χ4v) is 1.92. The lowest BCUT2D eigenvalue weighted by atomic mass is 10.3. The van der Waals surface area contributed by atoms with Crippen LogP contribution in [0.4, 0.5) is 5.13 Å². The molecule has 0 bridgehead atoms. The van der Waals surface area contributed by atoms with Crippen LogP contribution in [-0.4, -0.2) is 0 Å². The van der Waals surface area contributed by atoms with E-state index >= 15 is 0 Å². The van der Waals surface area contributed by atoms with Crippen LogP contribution in [0.15, 0.2) is 22.7 Å². The van der Waals surface area contributed by atoms with E-state index in [1.807, 2.05) is 25.3 Å². The van der Waals surface area contributed by atoms with Gasteiger partial charge in [-0.25, -0.2) is 4.98 Å². The monoisotopic (exact) mass is 195 g/mol. The average molecular weight is 195 g/mol. The van der Waals surface area contributed by atoms with Crippen LogP contribution in [0.5, 0.6) is 0 Å². The highest BCUT2D eigenvalue weighted by molar-refractivity contribution is 7.14. The molecule has 0 fully saturated rings. The van der Waals surface area contributed by atoms with E-state index in [4.69, 9.17) is 10.2 Å². The molecule has 4 heteroatoms. The summed E-state index contributed by atoms with van der Waals surface area (Å²) < 4.78 is 5.45. The van der Waals surface area contributed by atoms with E-state index < -0.39 is 0 Å². The van der Waals surface area contributed by atoms with E-state index in [2.05, 4.69) is 4.98 Å². The van der Waals surface area contributed by atoms with Crippen LogP contribution in [0.1, 0.15) is 16.4 Å². The Kier molecular flexibility index (Phi) is 2.06. The summed E-state index contributed by atoms with van der Waals surface area (Å²) in [6.07, 6.45) is 2.73. The predicted octanol–water partition coefficient (Wildman–Crippen LogP) is 1.64. The number of nitrogen functional groups attached to an aromatic ring is 1. The average Bonchev–Trinajstić information content (AvgIpc) is 2.62. The van der Waals surface area contributed by atoms with Gasteiger partial charge in [-0.1, -0.05) is 11.3 Å². The van der Waals surface area contributed by atoms with Crippen molar-refractivity contribution >= 4 is 16.5 Å². The topological polar surface area (TPSA) is 53.3 Å². The quantitative estimate of drug-likeness (QED) is 0.792. The maximum Gasteiger partial charge on any atom is 0.329 e. The number of furan rings is 1. The second-order valence-corrected chi connectivity index (χ2v) is 4.08. The van der Waals surface area contributed by atoms with Gasteiger partial charge in [-0.2, -0.15) is 0 Å². The fraction of sp³-hybridized carbons (Fsp3) is 0.222. The van der Waals surface area contributed by atoms with Crippen LogP contribution in [0.25, 0.3) is 0 Å². The Labute approximate surface area is 80.2 Å². The Morgan fingerprint density at radius 1 is 1.54 bits per heavy atom. The van der Waals surface area contributed by atoms with Gasteiger partial charge < -0.3 is 4.42 Å². The molecule has 0 saturated carbocycles. The van der Waals surface area contributed by atoms with Gasteiger partial charge in [0.2, 0.25) is 0 Å². The molecule has 0 spiro atoms. The van der Waals surface area contributed by atoms with Gasteiger partial charge >= 0.3 is 5.13 Å². The Balaban J connectivity index is 2.14. The molecule has 2 rings (SSSR count). The lowest BCUT2D eigenvalue weighted by Gasteiger charge is -1.89. The third-order valence-corrected chi connectivity index (χ3v) is 2.62. The van der Waals surface area contributed by atoms with E-state index in [0.29, 0.717) is 0 Å². The molecule has 0 aromatic carbocycles. The number of aromatic amines is 1. The molecule has 0 aliphatic heterocycles. The van der Waals surface area contributed by atoms with Crippen molar-refractivity contribution in [2.45, 2.75) is 13.3 Å². The molecule has 0 atom stereocenters. The molecule has 3 N–H and O–H groups in total. The zero-order chi connectivity index (χ0) is 9.26. The van der Waals surface area contributed by atoms with Crippen molar-refractivity contribution in [1.29, 1.82) is 0 Å². The molecule has 2 aromatic rings. The van der Waals surface area contributed by atoms with Gasteiger partial charge in [-0.05, 0) is 19.1 Å². The summed E-state index contributed by atoms with van der Waals surface area (Å²) in [7, 11) is 0. The normalized spacial score (nSPS) is 10.5. The summed E-state index contributed by atoms with van der Waals surface area (Å²) >= 11 is 1.55. The number of aromatic nitrogens is 1. The SMILES string of the molecule is Cc1ccc(Cc2c[nH+]c(N)s2)o1. The molecule has 0 amide bonds. The summed E-state index contributed by atoms with van der Waals surface area (Å²) in [5, 5.41) is 0.735. The lowest BCUT2D eigenvalue weighted by Crippen LogP contribution is -2.01. The van der Waals surface area contributed by atoms with Gasteiger partial charge in [-0.3, -0.25) is 5.73 Å². The summed E-state index contributed by atoms with van der Waals surface area (Å²) in [6, 6.07) is 3.96. The lowest BCUT2D eigenvalue weighted by molar-refractivity contribution is -0.354. The molecule has 2 heterocycles. The van der Waals surface area contributed by atoms with Gasteiger partial charge in [0, 0.05) is 6.42 Å². The summed E-state index contributed by atoms with van der Waals surface area (Å²) in [6.45, 7) is 1.94. The molecule has 0 saturated heterocycles. The molecular weight excluding hydrogens is 184 g/mol. The highest BCUT2D eigenvalue weighted by Crippen LogP contribution is 2.17. The number of nitrogens with two attached hydrogens (primary N) is 1. The van der Waals surface area contributed by atoms with Crippen LogP contribution in [0.3, 0.4) is 0 Å². The number of anilines is 1. The Bertz CT molecular complexity index is 367. The van der Waals surface area contributed by atoms with Crippen molar-refractivity contribution in [3.8, 4) is 0 Å². The van der Waals surface area contributed by atoms with E-state index in [-0.39, 0.29) is 0 Å². The van der Waals surface area contributed by atoms with E-state index in [0.717, 1.165) is 23.1 Å². The first-order valence-corrected chi connectivity index (χ1v) is 4.87. The Morgan fingerprint density at radius 3 is 2.92 bits per heavy atom. The molecule has 0 aliphatic rings. The highest BCUT2D eigenvalue weighted by atomic mass is 32.1. The van der Waals surface area contributed by atoms with Gasteiger partial charge in [0.15, 0.2) is 0 Å². The number of thiazole rings is 1. The van der Waals surface area contributed by atoms with Crippen LogP contribution in [-0.2, 0) is 6.42 Å². The molecule has 68 valence electrons. The third-order valence-electron chi connectivity index (χ3n) is 1.76. The zero-order valence-electron chi connectivity index (χ0n) is 7.33. The van der Waals surface area contributed by atoms with Gasteiger partial charge in [-0.15, -0.1) is 0 Å². The maximum absolute atomic E-state index is 5.57. The minimum atomic E-state index is 0.735. The molecule has 3 nitrogen and oxygen atoms in total. The van der Waals surface area contributed by atoms with Crippen molar-refractivity contribution in [2.24, 2.45) is 0 Å². The second kappa shape index (κ2) is 3.22. The molecule has 13 heavy (non-hydrogen) atoms. The van der Waals surface area contributed by atoms with Crippen molar-refractivity contribution < 1.29 is 9.40 Å². The smallest absolute Gasteiger partial charge is 0.329 e. The molecule has 0 unspecified atom stereocenters. The third kappa shape index (κ3) is 1.89. The number of rotatable bonds is 2. The predicted molar refractivity (Wildman–Crippen MR) is 51.5 cm³/mol. The van der Waals surface area contributed by atoms with E-state index in [1.165, 1.54) is 4.88 Å². The van der Waals surface area contributed by atoms with Gasteiger partial charge in [0.05, 0.1) is 4.88 Å². The minimum Gasteiger partial charge on any atom is -0.466 e. The zero-order valence-corrected chi connectivity index (χ0v) is 8.15. The first-order valence-electron chi connectivity index (χ1n) is 4.05. The number of nitrogens with one attached hydrogen (secondary N) is 1. The van der Waals surface area contributed by atoms with Crippen LogP contribution in [0.2, 0.25) is 0 Å². The largest absolute Gasteiger partial charge is 0.466 e. The van der Waals surface area contributed by atoms with Crippen molar-refractivity contribution in [1.82, 2.24) is 0 Å². The first-order chi connectivity index (χ1) is 6.24. The Hall–Kier alpha value is -1.29. The molecular formula is C9H11N2OS+. The number of hydrogen-bond donors (Lipinski definition) is 1. The summed E-state index contributed by atoms with van der Waals surface area (Å²) in [4.78, 5) is 4.14. The molecule has 2 aromatic heterocycles. The van der Waals surface area contributed by atoms with Gasteiger partial charge in [0.1, 0.15) is 17.7 Å². The van der Waals surface area contributed by atoms with Gasteiger partial charge in [0.25, 0.3) is 0 Å². The summed E-state index contributed by atoms with van der Waals surface area (Å²) in [5.41, 5.74) is 5.57. The number of hydrogen-bond acceptors (Lipinski definition) is 3. The summed E-state index contributed by atoms with van der Waals surface area (Å²) in [5.74, 6) is 1.93. The second-order valence-electron chi connectivity index (χ2n) is 2.91. The van der Waals surface area contributed by atoms with Crippen LogP contribution < -0.4 is 10.7 Å². The molecule has 0 aliphatic carbocycles. The fourth-order valence-electron chi connectivity index (χ4n) is 1.19. The molecule has 0 radical (unpaired) electrons. The first kappa shape index (κ1) is 8.31. The minimum absolute atomic E-state index is 0.735.